The van der Waals surface area contributed by atoms with Crippen molar-refractivity contribution in [1.29, 1.82) is 0 Å². The molecule has 0 heterocycles. The van der Waals surface area contributed by atoms with Crippen LogP contribution in [0.5, 0.6) is 0 Å². The van der Waals surface area contributed by atoms with E-state index >= 15 is 0 Å². The van der Waals surface area contributed by atoms with Gasteiger partial charge in [0.25, 0.3) is 0 Å². The minimum absolute atomic E-state index is 0.258. The van der Waals surface area contributed by atoms with E-state index < -0.39 is 10.0 Å². The summed E-state index contributed by atoms with van der Waals surface area (Å²) in [5.74, 6) is 0. The number of sulfonamides is 1. The molecule has 0 saturated carbocycles. The molecule has 0 saturated heterocycles. The number of rotatable bonds is 4. The first-order valence-corrected chi connectivity index (χ1v) is 8.92. The molecular weight excluding hydrogens is 350 g/mol. The minimum atomic E-state index is -3.54. The highest BCUT2D eigenvalue weighted by Gasteiger charge is 2.19. The summed E-state index contributed by atoms with van der Waals surface area (Å²) in [7, 11) is -3.54. The lowest BCUT2D eigenvalue weighted by Gasteiger charge is -2.17. The van der Waals surface area contributed by atoms with E-state index in [0.29, 0.717) is 0 Å². The molecule has 0 spiro atoms. The van der Waals surface area contributed by atoms with Crippen molar-refractivity contribution in [1.82, 2.24) is 4.72 Å². The number of benzene rings is 2. The Bertz CT molecular complexity index is 757. The van der Waals surface area contributed by atoms with Crippen LogP contribution >= 0.6 is 15.9 Å². The zero-order valence-electron chi connectivity index (χ0n) is 12.2. The summed E-state index contributed by atoms with van der Waals surface area (Å²) in [6, 6.07) is 12.5. The van der Waals surface area contributed by atoms with Crippen molar-refractivity contribution in [2.75, 3.05) is 0 Å². The van der Waals surface area contributed by atoms with Gasteiger partial charge in [0.05, 0.1) is 4.90 Å². The molecule has 1 unspecified atom stereocenters. The first kappa shape index (κ1) is 16.2. The lowest BCUT2D eigenvalue weighted by molar-refractivity contribution is 0.566. The van der Waals surface area contributed by atoms with Gasteiger partial charge in [-0.15, -0.1) is 0 Å². The second kappa shape index (κ2) is 6.30. The molecule has 2 rings (SSSR count). The highest BCUT2D eigenvalue weighted by molar-refractivity contribution is 9.10. The van der Waals surface area contributed by atoms with E-state index in [4.69, 9.17) is 0 Å². The Morgan fingerprint density at radius 2 is 1.81 bits per heavy atom. The molecule has 21 heavy (non-hydrogen) atoms. The van der Waals surface area contributed by atoms with Gasteiger partial charge >= 0.3 is 0 Å². The van der Waals surface area contributed by atoms with Crippen molar-refractivity contribution in [2.45, 2.75) is 31.7 Å². The average Bonchev–Trinajstić information content (AvgIpc) is 2.41. The molecule has 2 aromatic rings. The summed E-state index contributed by atoms with van der Waals surface area (Å²) in [5.41, 5.74) is 3.18. The first-order valence-electron chi connectivity index (χ1n) is 6.64. The molecule has 0 radical (unpaired) electrons. The molecule has 0 aliphatic carbocycles. The van der Waals surface area contributed by atoms with E-state index in [1.165, 1.54) is 0 Å². The van der Waals surface area contributed by atoms with Crippen LogP contribution in [0.15, 0.2) is 51.8 Å². The van der Waals surface area contributed by atoms with Crippen molar-refractivity contribution in [2.24, 2.45) is 0 Å². The molecule has 0 bridgehead atoms. The number of halogens is 1. The van der Waals surface area contributed by atoms with Crippen LogP contribution < -0.4 is 4.72 Å². The molecule has 3 nitrogen and oxygen atoms in total. The Hall–Kier alpha value is -1.17. The summed E-state index contributed by atoms with van der Waals surface area (Å²) < 4.78 is 28.3. The van der Waals surface area contributed by atoms with Crippen LogP contribution in [-0.2, 0) is 10.0 Å². The van der Waals surface area contributed by atoms with Crippen molar-refractivity contribution in [3.8, 4) is 0 Å². The minimum Gasteiger partial charge on any atom is -0.207 e. The third-order valence-corrected chi connectivity index (χ3v) is 5.37. The van der Waals surface area contributed by atoms with E-state index in [0.717, 1.165) is 21.2 Å². The number of hydrogen-bond donors (Lipinski definition) is 1. The van der Waals surface area contributed by atoms with Gasteiger partial charge in [0.2, 0.25) is 10.0 Å². The van der Waals surface area contributed by atoms with Crippen molar-refractivity contribution >= 4 is 26.0 Å². The maximum absolute atomic E-state index is 12.4. The second-order valence-electron chi connectivity index (χ2n) is 5.16. The van der Waals surface area contributed by atoms with Gasteiger partial charge in [-0.1, -0.05) is 45.8 Å². The maximum Gasteiger partial charge on any atom is 0.241 e. The summed E-state index contributed by atoms with van der Waals surface area (Å²) in [4.78, 5) is 0.258. The van der Waals surface area contributed by atoms with Gasteiger partial charge in [0.1, 0.15) is 0 Å². The fraction of sp³-hybridized carbons (Fsp3) is 0.250. The van der Waals surface area contributed by atoms with Crippen LogP contribution in [0.25, 0.3) is 0 Å². The van der Waals surface area contributed by atoms with Crippen LogP contribution in [0.4, 0.5) is 0 Å². The van der Waals surface area contributed by atoms with Gasteiger partial charge in [0.15, 0.2) is 0 Å². The lowest BCUT2D eigenvalue weighted by atomic mass is 10.0. The van der Waals surface area contributed by atoms with Crippen molar-refractivity contribution in [3.05, 3.63) is 63.6 Å². The van der Waals surface area contributed by atoms with E-state index in [1.54, 1.807) is 24.3 Å². The van der Waals surface area contributed by atoms with E-state index in [2.05, 4.69) is 20.7 Å². The lowest BCUT2D eigenvalue weighted by Crippen LogP contribution is -2.27. The van der Waals surface area contributed by atoms with Crippen LogP contribution in [0, 0.1) is 13.8 Å². The Balaban J connectivity index is 2.30. The van der Waals surface area contributed by atoms with Gasteiger partial charge in [-0.2, -0.15) is 0 Å². The number of hydrogen-bond acceptors (Lipinski definition) is 2. The monoisotopic (exact) mass is 367 g/mol. The van der Waals surface area contributed by atoms with E-state index in [-0.39, 0.29) is 10.9 Å². The highest BCUT2D eigenvalue weighted by atomic mass is 79.9. The molecule has 1 N–H and O–H groups in total. The SMILES string of the molecule is Cc1ccc(C)c(C(C)NS(=O)(=O)c2cccc(Br)c2)c1. The van der Waals surface area contributed by atoms with Crippen LogP contribution in [0.1, 0.15) is 29.7 Å². The zero-order valence-corrected chi connectivity index (χ0v) is 14.6. The molecule has 112 valence electrons. The van der Waals surface area contributed by atoms with Gasteiger partial charge in [-0.25, -0.2) is 13.1 Å². The number of aryl methyl sites for hydroxylation is 2. The third kappa shape index (κ3) is 3.93. The third-order valence-electron chi connectivity index (χ3n) is 3.34. The molecule has 5 heteroatoms. The standard InChI is InChI=1S/C16H18BrNO2S/c1-11-7-8-12(2)16(9-11)13(3)18-21(19,20)15-6-4-5-14(17)10-15/h4-10,13,18H,1-3H3. The topological polar surface area (TPSA) is 46.2 Å². The van der Waals surface area contributed by atoms with Crippen molar-refractivity contribution < 1.29 is 8.42 Å². The Morgan fingerprint density at radius 3 is 2.48 bits per heavy atom. The largest absolute Gasteiger partial charge is 0.241 e. The molecule has 0 aliphatic heterocycles. The predicted octanol–water partition coefficient (Wildman–Crippen LogP) is 4.11. The Kier molecular flexibility index (Phi) is 4.86. The Morgan fingerprint density at radius 1 is 1.10 bits per heavy atom. The fourth-order valence-electron chi connectivity index (χ4n) is 2.22. The maximum atomic E-state index is 12.4. The smallest absolute Gasteiger partial charge is 0.207 e. The molecule has 0 aliphatic rings. The van der Waals surface area contributed by atoms with Crippen LogP contribution in [0.3, 0.4) is 0 Å². The molecule has 0 amide bonds. The molecule has 0 aromatic heterocycles. The van der Waals surface area contributed by atoms with Gasteiger partial charge in [-0.05, 0) is 50.1 Å². The van der Waals surface area contributed by atoms with Crippen LogP contribution in [0.2, 0.25) is 0 Å². The molecule has 1 atom stereocenters. The van der Waals surface area contributed by atoms with Gasteiger partial charge < -0.3 is 0 Å². The predicted molar refractivity (Wildman–Crippen MR) is 88.8 cm³/mol. The molecular formula is C16H18BrNO2S. The molecule has 2 aromatic carbocycles. The average molecular weight is 368 g/mol. The first-order chi connectivity index (χ1) is 9.79. The highest BCUT2D eigenvalue weighted by Crippen LogP contribution is 2.22. The number of nitrogens with one attached hydrogen (secondary N) is 1. The summed E-state index contributed by atoms with van der Waals surface area (Å²) in [6.07, 6.45) is 0. The normalized spacial score (nSPS) is 13.1. The van der Waals surface area contributed by atoms with Gasteiger partial charge in [0, 0.05) is 10.5 Å². The summed E-state index contributed by atoms with van der Waals surface area (Å²) in [5, 5.41) is 0. The van der Waals surface area contributed by atoms with Crippen molar-refractivity contribution in [3.63, 3.8) is 0 Å². The summed E-state index contributed by atoms with van der Waals surface area (Å²) in [6.45, 7) is 5.84. The fourth-order valence-corrected chi connectivity index (χ4v) is 4.04. The zero-order chi connectivity index (χ0) is 15.6. The molecule has 0 fully saturated rings. The Labute approximate surface area is 134 Å². The van der Waals surface area contributed by atoms with Gasteiger partial charge in [-0.3, -0.25) is 0 Å². The van der Waals surface area contributed by atoms with Crippen LogP contribution in [-0.4, -0.2) is 8.42 Å². The van der Waals surface area contributed by atoms with E-state index in [9.17, 15) is 8.42 Å². The quantitative estimate of drug-likeness (QED) is 0.883. The summed E-state index contributed by atoms with van der Waals surface area (Å²) >= 11 is 3.29. The van der Waals surface area contributed by atoms with E-state index in [1.807, 2.05) is 39.0 Å². The second-order valence-corrected chi connectivity index (χ2v) is 7.79.